The van der Waals surface area contributed by atoms with Gasteiger partial charge in [-0.05, 0) is 67.9 Å². The third-order valence-corrected chi connectivity index (χ3v) is 9.35. The summed E-state index contributed by atoms with van der Waals surface area (Å²) in [6.45, 7) is 6.05. The Balaban J connectivity index is 1.23. The maximum absolute atomic E-state index is 13.2. The minimum absolute atomic E-state index is 0.0225. The number of nitrogens with one attached hydrogen (secondary N) is 1. The SMILES string of the molecule is CC(C)COC1CCCN(S(=O)(=O)CC2CCC(c3cn[nH]c4cnc5nccc5c34)CC2)C1. The van der Waals surface area contributed by atoms with Gasteiger partial charge in [0.2, 0.25) is 10.0 Å². The number of H-pyrrole nitrogens is 1. The summed E-state index contributed by atoms with van der Waals surface area (Å²) in [5.74, 6) is 1.28. The Labute approximate surface area is 201 Å². The Morgan fingerprint density at radius 2 is 1.97 bits per heavy atom. The van der Waals surface area contributed by atoms with Crippen LogP contribution in [0.15, 0.2) is 24.7 Å². The van der Waals surface area contributed by atoms with Gasteiger partial charge in [0.25, 0.3) is 0 Å². The summed E-state index contributed by atoms with van der Waals surface area (Å²) in [6, 6.07) is 2.01. The van der Waals surface area contributed by atoms with Crippen LogP contribution in [-0.4, -0.2) is 64.4 Å². The number of nitrogens with zero attached hydrogens (tertiary/aromatic N) is 4. The van der Waals surface area contributed by atoms with E-state index in [0.717, 1.165) is 60.5 Å². The van der Waals surface area contributed by atoms with Crippen LogP contribution in [0.25, 0.3) is 21.9 Å². The van der Waals surface area contributed by atoms with E-state index >= 15 is 0 Å². The molecule has 8 nitrogen and oxygen atoms in total. The molecule has 2 aliphatic rings. The minimum Gasteiger partial charge on any atom is -0.377 e. The molecule has 0 aromatic carbocycles. The number of fused-ring (bicyclic) bond motifs is 3. The van der Waals surface area contributed by atoms with Crippen LogP contribution in [0.3, 0.4) is 0 Å². The molecule has 9 heteroatoms. The summed E-state index contributed by atoms with van der Waals surface area (Å²) in [6.07, 6.45) is 11.1. The van der Waals surface area contributed by atoms with Gasteiger partial charge < -0.3 is 4.74 Å². The lowest BCUT2D eigenvalue weighted by molar-refractivity contribution is 0.00547. The van der Waals surface area contributed by atoms with Gasteiger partial charge in [0.05, 0.1) is 29.8 Å². The normalized spacial score (nSPS) is 24.9. The van der Waals surface area contributed by atoms with E-state index in [1.165, 1.54) is 5.56 Å². The second kappa shape index (κ2) is 9.87. The molecule has 1 aliphatic carbocycles. The van der Waals surface area contributed by atoms with Crippen molar-refractivity contribution in [1.29, 1.82) is 0 Å². The van der Waals surface area contributed by atoms with E-state index in [4.69, 9.17) is 4.74 Å². The van der Waals surface area contributed by atoms with Crippen molar-refractivity contribution in [3.05, 3.63) is 30.2 Å². The number of rotatable bonds is 7. The highest BCUT2D eigenvalue weighted by molar-refractivity contribution is 7.89. The standard InChI is InChI=1S/C25H35N5O3S/c1-17(2)15-33-20-4-3-11-30(14-20)34(31,32)16-18-5-7-19(8-6-18)22-12-28-29-23-13-27-25-21(24(22)23)9-10-26-25/h9-10,12-13,17-20,29H,3-8,11,14-16H2,1-2H3. The maximum Gasteiger partial charge on any atom is 0.214 e. The van der Waals surface area contributed by atoms with Crippen molar-refractivity contribution in [3.8, 4) is 0 Å². The predicted molar refractivity (Wildman–Crippen MR) is 133 cm³/mol. The van der Waals surface area contributed by atoms with Crippen LogP contribution in [0.5, 0.6) is 0 Å². The number of ether oxygens (including phenoxy) is 1. The third-order valence-electron chi connectivity index (χ3n) is 7.34. The van der Waals surface area contributed by atoms with E-state index in [1.54, 1.807) is 16.7 Å². The first kappa shape index (κ1) is 23.6. The smallest absolute Gasteiger partial charge is 0.214 e. The molecule has 2 fully saturated rings. The molecule has 1 aliphatic heterocycles. The second-order valence-corrected chi connectivity index (χ2v) is 12.4. The lowest BCUT2D eigenvalue weighted by Crippen LogP contribution is -2.45. The lowest BCUT2D eigenvalue weighted by atomic mass is 9.79. The number of hydrogen-bond acceptors (Lipinski definition) is 6. The molecule has 34 heavy (non-hydrogen) atoms. The molecule has 0 bridgehead atoms. The zero-order valence-electron chi connectivity index (χ0n) is 20.1. The largest absolute Gasteiger partial charge is 0.377 e. The van der Waals surface area contributed by atoms with E-state index in [9.17, 15) is 8.42 Å². The summed E-state index contributed by atoms with van der Waals surface area (Å²) < 4.78 is 34.1. The van der Waals surface area contributed by atoms with Gasteiger partial charge in [-0.1, -0.05) is 13.8 Å². The summed E-state index contributed by atoms with van der Waals surface area (Å²) >= 11 is 0. The van der Waals surface area contributed by atoms with Crippen molar-refractivity contribution in [1.82, 2.24) is 24.5 Å². The van der Waals surface area contributed by atoms with Crippen LogP contribution < -0.4 is 0 Å². The van der Waals surface area contributed by atoms with Crippen LogP contribution in [0, 0.1) is 11.8 Å². The quantitative estimate of drug-likeness (QED) is 0.537. The molecule has 3 aromatic heterocycles. The van der Waals surface area contributed by atoms with Crippen molar-refractivity contribution >= 4 is 32.0 Å². The number of aromatic nitrogens is 4. The predicted octanol–water partition coefficient (Wildman–Crippen LogP) is 4.25. The molecule has 1 N–H and O–H groups in total. The Bertz CT molecular complexity index is 1230. The number of pyridine rings is 1. The minimum atomic E-state index is -3.27. The molecule has 3 aromatic rings. The van der Waals surface area contributed by atoms with Crippen LogP contribution in [-0.2, 0) is 14.8 Å². The maximum atomic E-state index is 13.2. The first-order chi connectivity index (χ1) is 16.4. The summed E-state index contributed by atoms with van der Waals surface area (Å²) in [5.41, 5.74) is 2.89. The average molecular weight is 486 g/mol. The van der Waals surface area contributed by atoms with Crippen molar-refractivity contribution in [2.75, 3.05) is 25.4 Å². The summed E-state index contributed by atoms with van der Waals surface area (Å²) in [5, 5.41) is 9.62. The molecule has 1 unspecified atom stereocenters. The highest BCUT2D eigenvalue weighted by atomic mass is 32.2. The molecule has 184 valence electrons. The van der Waals surface area contributed by atoms with Crippen molar-refractivity contribution < 1.29 is 13.2 Å². The van der Waals surface area contributed by atoms with Crippen LogP contribution in [0.2, 0.25) is 0 Å². The van der Waals surface area contributed by atoms with Gasteiger partial charge in [-0.3, -0.25) is 5.10 Å². The summed E-state index contributed by atoms with van der Waals surface area (Å²) in [7, 11) is -3.27. The van der Waals surface area contributed by atoms with Crippen molar-refractivity contribution in [3.63, 3.8) is 0 Å². The average Bonchev–Trinajstić information content (AvgIpc) is 3.32. The zero-order valence-corrected chi connectivity index (χ0v) is 20.9. The molecule has 5 rings (SSSR count). The van der Waals surface area contributed by atoms with E-state index in [1.807, 2.05) is 12.3 Å². The van der Waals surface area contributed by atoms with Crippen LogP contribution in [0.4, 0.5) is 0 Å². The van der Waals surface area contributed by atoms with Crippen LogP contribution >= 0.6 is 0 Å². The highest BCUT2D eigenvalue weighted by Gasteiger charge is 2.33. The van der Waals surface area contributed by atoms with Crippen LogP contribution in [0.1, 0.15) is 63.9 Å². The van der Waals surface area contributed by atoms with E-state index in [-0.39, 0.29) is 17.8 Å². The first-order valence-electron chi connectivity index (χ1n) is 12.6. The Hall–Kier alpha value is -2.10. The first-order valence-corrected chi connectivity index (χ1v) is 14.2. The van der Waals surface area contributed by atoms with Gasteiger partial charge in [-0.15, -0.1) is 0 Å². The second-order valence-electron chi connectivity index (χ2n) is 10.4. The number of sulfonamides is 1. The third kappa shape index (κ3) is 4.97. The molecule has 0 radical (unpaired) electrons. The molecule has 1 saturated carbocycles. The number of aromatic amines is 1. The lowest BCUT2D eigenvalue weighted by Gasteiger charge is -2.34. The molecule has 1 saturated heterocycles. The molecule has 0 amide bonds. The van der Waals surface area contributed by atoms with Gasteiger partial charge in [0, 0.05) is 36.7 Å². The zero-order chi connectivity index (χ0) is 23.7. The Morgan fingerprint density at radius 1 is 1.15 bits per heavy atom. The van der Waals surface area contributed by atoms with E-state index in [2.05, 4.69) is 34.0 Å². The fourth-order valence-electron chi connectivity index (χ4n) is 5.57. The van der Waals surface area contributed by atoms with Gasteiger partial charge in [-0.25, -0.2) is 18.4 Å². The molecular formula is C25H35N5O3S. The van der Waals surface area contributed by atoms with Gasteiger partial charge in [0.15, 0.2) is 5.65 Å². The monoisotopic (exact) mass is 485 g/mol. The summed E-state index contributed by atoms with van der Waals surface area (Å²) in [4.78, 5) is 8.77. The number of piperidine rings is 1. The van der Waals surface area contributed by atoms with Crippen molar-refractivity contribution in [2.24, 2.45) is 11.8 Å². The fourth-order valence-corrected chi connectivity index (χ4v) is 7.51. The fraction of sp³-hybridized carbons (Fsp3) is 0.640. The molecule has 4 heterocycles. The topological polar surface area (TPSA) is 101 Å². The molecule has 0 spiro atoms. The van der Waals surface area contributed by atoms with Gasteiger partial charge in [0.1, 0.15) is 0 Å². The molecule has 1 atom stereocenters. The molecular weight excluding hydrogens is 450 g/mol. The van der Waals surface area contributed by atoms with E-state index in [0.29, 0.717) is 31.5 Å². The van der Waals surface area contributed by atoms with E-state index < -0.39 is 10.0 Å². The highest BCUT2D eigenvalue weighted by Crippen LogP contribution is 2.40. The van der Waals surface area contributed by atoms with Gasteiger partial charge in [-0.2, -0.15) is 9.40 Å². The Kier molecular flexibility index (Phi) is 6.86. The van der Waals surface area contributed by atoms with Gasteiger partial charge >= 0.3 is 0 Å². The van der Waals surface area contributed by atoms with Crippen molar-refractivity contribution in [2.45, 2.75) is 64.4 Å². The number of hydrogen-bond donors (Lipinski definition) is 1. The Morgan fingerprint density at radius 3 is 2.76 bits per heavy atom.